The number of H-pyrrole nitrogens is 1. The van der Waals surface area contributed by atoms with Gasteiger partial charge in [0.15, 0.2) is 0 Å². The van der Waals surface area contributed by atoms with E-state index in [4.69, 9.17) is 5.73 Å². The van der Waals surface area contributed by atoms with E-state index in [-0.39, 0.29) is 0 Å². The summed E-state index contributed by atoms with van der Waals surface area (Å²) >= 11 is 0. The van der Waals surface area contributed by atoms with Gasteiger partial charge in [0.2, 0.25) is 0 Å². The second kappa shape index (κ2) is 2.70. The molecule has 0 unspecified atom stereocenters. The monoisotopic (exact) mass is 188 g/mol. The second-order valence-corrected chi connectivity index (χ2v) is 3.85. The first-order valence-corrected chi connectivity index (χ1v) is 4.93. The van der Waals surface area contributed by atoms with Crippen LogP contribution in [0, 0.1) is 0 Å². The summed E-state index contributed by atoms with van der Waals surface area (Å²) in [6.45, 7) is 0. The van der Waals surface area contributed by atoms with Crippen LogP contribution in [0.3, 0.4) is 0 Å². The number of nitrogens with two attached hydrogens (primary N) is 1. The summed E-state index contributed by atoms with van der Waals surface area (Å²) in [5, 5.41) is 1.03. The quantitative estimate of drug-likeness (QED) is 0.717. The van der Waals surface area contributed by atoms with Gasteiger partial charge in [-0.15, -0.1) is 0 Å². The number of aromatic nitrogens is 3. The minimum Gasteiger partial charge on any atom is -0.383 e. The van der Waals surface area contributed by atoms with Gasteiger partial charge in [0, 0.05) is 6.20 Å². The summed E-state index contributed by atoms with van der Waals surface area (Å²) in [5.74, 6) is 1.26. The molecule has 2 aromatic heterocycles. The zero-order chi connectivity index (χ0) is 9.54. The summed E-state index contributed by atoms with van der Waals surface area (Å²) in [6.07, 6.45) is 7.38. The lowest BCUT2D eigenvalue weighted by atomic mass is 9.80. The Labute approximate surface area is 81.6 Å². The number of rotatable bonds is 1. The molecule has 0 aliphatic heterocycles. The molecule has 0 amide bonds. The number of hydrogen-bond donors (Lipinski definition) is 2. The van der Waals surface area contributed by atoms with Crippen molar-refractivity contribution >= 4 is 16.9 Å². The first kappa shape index (κ1) is 7.79. The maximum absolute atomic E-state index is 5.85. The number of anilines is 1. The van der Waals surface area contributed by atoms with Crippen LogP contribution in [0.1, 0.15) is 30.7 Å². The van der Waals surface area contributed by atoms with E-state index < -0.39 is 0 Å². The van der Waals surface area contributed by atoms with E-state index in [0.717, 1.165) is 11.0 Å². The largest absolute Gasteiger partial charge is 0.383 e. The third kappa shape index (κ3) is 0.937. The Hall–Kier alpha value is -1.58. The van der Waals surface area contributed by atoms with Crippen LogP contribution in [0.4, 0.5) is 5.82 Å². The number of hydrogen-bond acceptors (Lipinski definition) is 3. The number of nitrogens with one attached hydrogen (secondary N) is 1. The Morgan fingerprint density at radius 3 is 2.93 bits per heavy atom. The molecule has 0 bridgehead atoms. The third-order valence-electron chi connectivity index (χ3n) is 3.07. The zero-order valence-electron chi connectivity index (χ0n) is 7.83. The summed E-state index contributed by atoms with van der Waals surface area (Å²) in [5.41, 5.74) is 8.00. The smallest absolute Gasteiger partial charge is 0.143 e. The van der Waals surface area contributed by atoms with Gasteiger partial charge in [-0.25, -0.2) is 9.97 Å². The molecule has 1 fully saturated rings. The normalized spacial score (nSPS) is 17.1. The van der Waals surface area contributed by atoms with Crippen LogP contribution in [0.2, 0.25) is 0 Å². The van der Waals surface area contributed by atoms with Crippen LogP contribution in [0.25, 0.3) is 11.0 Å². The summed E-state index contributed by atoms with van der Waals surface area (Å²) in [7, 11) is 0. The minimum atomic E-state index is 0.596. The third-order valence-corrected chi connectivity index (χ3v) is 3.07. The van der Waals surface area contributed by atoms with Crippen molar-refractivity contribution in [2.45, 2.75) is 25.2 Å². The highest BCUT2D eigenvalue weighted by atomic mass is 15.0. The van der Waals surface area contributed by atoms with Gasteiger partial charge in [0.1, 0.15) is 17.8 Å². The maximum atomic E-state index is 5.85. The van der Waals surface area contributed by atoms with Crippen LogP contribution < -0.4 is 5.73 Å². The molecule has 3 N–H and O–H groups in total. The highest BCUT2D eigenvalue weighted by Crippen LogP contribution is 2.40. The van der Waals surface area contributed by atoms with Crippen molar-refractivity contribution in [3.8, 4) is 0 Å². The fourth-order valence-electron chi connectivity index (χ4n) is 2.05. The highest BCUT2D eigenvalue weighted by Gasteiger charge is 2.23. The molecule has 0 atom stereocenters. The Bertz CT molecular complexity index is 470. The molecule has 4 nitrogen and oxygen atoms in total. The predicted octanol–water partition coefficient (Wildman–Crippen LogP) is 1.81. The predicted molar refractivity (Wildman–Crippen MR) is 54.9 cm³/mol. The molecule has 0 saturated heterocycles. The molecular formula is C10H12N4. The molecule has 2 aromatic rings. The van der Waals surface area contributed by atoms with Gasteiger partial charge in [0.05, 0.1) is 5.39 Å². The van der Waals surface area contributed by atoms with E-state index in [2.05, 4.69) is 15.0 Å². The molecule has 14 heavy (non-hydrogen) atoms. The first-order valence-electron chi connectivity index (χ1n) is 4.93. The van der Waals surface area contributed by atoms with Crippen molar-refractivity contribution in [2.24, 2.45) is 0 Å². The van der Waals surface area contributed by atoms with E-state index in [1.165, 1.54) is 31.2 Å². The van der Waals surface area contributed by atoms with Crippen molar-refractivity contribution in [3.05, 3.63) is 18.1 Å². The molecule has 3 rings (SSSR count). The number of aromatic amines is 1. The maximum Gasteiger partial charge on any atom is 0.143 e. The van der Waals surface area contributed by atoms with E-state index in [0.29, 0.717) is 11.7 Å². The number of fused-ring (bicyclic) bond motifs is 1. The number of nitrogen functional groups attached to an aromatic ring is 1. The summed E-state index contributed by atoms with van der Waals surface area (Å²) < 4.78 is 0. The molecule has 1 saturated carbocycles. The van der Waals surface area contributed by atoms with Gasteiger partial charge in [-0.05, 0) is 24.3 Å². The van der Waals surface area contributed by atoms with Crippen LogP contribution in [0.15, 0.2) is 12.5 Å². The average molecular weight is 188 g/mol. The Morgan fingerprint density at radius 1 is 1.36 bits per heavy atom. The summed E-state index contributed by atoms with van der Waals surface area (Å²) in [4.78, 5) is 11.3. The van der Waals surface area contributed by atoms with Gasteiger partial charge >= 0.3 is 0 Å². The van der Waals surface area contributed by atoms with Crippen molar-refractivity contribution in [1.82, 2.24) is 15.0 Å². The van der Waals surface area contributed by atoms with Gasteiger partial charge < -0.3 is 10.7 Å². The molecule has 4 heteroatoms. The fourth-order valence-corrected chi connectivity index (χ4v) is 2.05. The molecule has 0 aromatic carbocycles. The highest BCUT2D eigenvalue weighted by molar-refractivity contribution is 5.89. The number of nitrogens with zero attached hydrogens (tertiary/aromatic N) is 2. The summed E-state index contributed by atoms with van der Waals surface area (Å²) in [6, 6.07) is 0. The van der Waals surface area contributed by atoms with Gasteiger partial charge in [-0.2, -0.15) is 0 Å². The first-order chi connectivity index (χ1) is 6.86. The Morgan fingerprint density at radius 2 is 2.21 bits per heavy atom. The van der Waals surface area contributed by atoms with Crippen LogP contribution in [-0.4, -0.2) is 15.0 Å². The molecule has 0 spiro atoms. The fraction of sp³-hybridized carbons (Fsp3) is 0.400. The molecule has 1 aliphatic carbocycles. The van der Waals surface area contributed by atoms with Gasteiger partial charge in [0.25, 0.3) is 0 Å². The molecule has 2 heterocycles. The Kier molecular flexibility index (Phi) is 1.50. The molecule has 0 radical (unpaired) electrons. The van der Waals surface area contributed by atoms with Crippen molar-refractivity contribution < 1.29 is 0 Å². The molecule has 1 aliphatic rings. The molecule has 72 valence electrons. The Balaban J connectivity index is 2.23. The van der Waals surface area contributed by atoms with Crippen molar-refractivity contribution in [3.63, 3.8) is 0 Å². The lowest BCUT2D eigenvalue weighted by Crippen LogP contribution is -2.08. The van der Waals surface area contributed by atoms with Crippen LogP contribution in [0.5, 0.6) is 0 Å². The van der Waals surface area contributed by atoms with Crippen LogP contribution >= 0.6 is 0 Å². The average Bonchev–Trinajstić information content (AvgIpc) is 2.47. The standard InChI is InChI=1S/C10H12N4/c11-9-8-7(6-2-1-3-6)4-12-10(8)14-5-13-9/h4-6H,1-3H2,(H3,11,12,13,14). The topological polar surface area (TPSA) is 67.6 Å². The zero-order valence-corrected chi connectivity index (χ0v) is 7.83. The van der Waals surface area contributed by atoms with E-state index in [1.54, 1.807) is 0 Å². The minimum absolute atomic E-state index is 0.596. The van der Waals surface area contributed by atoms with Crippen molar-refractivity contribution in [2.75, 3.05) is 5.73 Å². The lowest BCUT2D eigenvalue weighted by Gasteiger charge is -2.24. The van der Waals surface area contributed by atoms with E-state index in [1.807, 2.05) is 6.20 Å². The second-order valence-electron chi connectivity index (χ2n) is 3.85. The molecular weight excluding hydrogens is 176 g/mol. The van der Waals surface area contributed by atoms with Gasteiger partial charge in [-0.3, -0.25) is 0 Å². The van der Waals surface area contributed by atoms with Crippen LogP contribution in [-0.2, 0) is 0 Å². The SMILES string of the molecule is Nc1ncnc2[nH]cc(C3CCC3)c12. The van der Waals surface area contributed by atoms with E-state index in [9.17, 15) is 0 Å². The van der Waals surface area contributed by atoms with Crippen molar-refractivity contribution in [1.29, 1.82) is 0 Å². The van der Waals surface area contributed by atoms with Gasteiger partial charge in [-0.1, -0.05) is 6.42 Å². The van der Waals surface area contributed by atoms with E-state index >= 15 is 0 Å². The lowest BCUT2D eigenvalue weighted by molar-refractivity contribution is 0.422.